The minimum atomic E-state index is -4.41. The number of carbonyl (C=O) groups is 1. The van der Waals surface area contributed by atoms with Crippen LogP contribution in [0.2, 0.25) is 0 Å². The molecule has 1 N–H and O–H groups in total. The quantitative estimate of drug-likeness (QED) is 0.674. The lowest BCUT2D eigenvalue weighted by Crippen LogP contribution is -2.20. The molecule has 0 bridgehead atoms. The van der Waals surface area contributed by atoms with E-state index in [-0.39, 0.29) is 22.9 Å². The Kier molecular flexibility index (Phi) is 5.31. The van der Waals surface area contributed by atoms with Gasteiger partial charge in [-0.3, -0.25) is 9.59 Å². The zero-order valence-corrected chi connectivity index (χ0v) is 14.4. The number of hydrogen-bond donors (Lipinski definition) is 1. The van der Waals surface area contributed by atoms with Crippen molar-refractivity contribution in [2.24, 2.45) is 0 Å². The van der Waals surface area contributed by atoms with E-state index in [9.17, 15) is 22.8 Å². The zero-order chi connectivity index (χ0) is 19.4. The van der Waals surface area contributed by atoms with Crippen LogP contribution in [-0.4, -0.2) is 23.6 Å². The number of aromatic nitrogens is 1. The molecule has 9 heteroatoms. The maximum absolute atomic E-state index is 12.1. The van der Waals surface area contributed by atoms with Gasteiger partial charge in [-0.2, -0.15) is 13.2 Å². The molecule has 2 heterocycles. The van der Waals surface area contributed by atoms with Crippen molar-refractivity contribution in [1.29, 1.82) is 0 Å². The van der Waals surface area contributed by atoms with Gasteiger partial charge in [0, 0.05) is 6.08 Å². The summed E-state index contributed by atoms with van der Waals surface area (Å²) in [6.07, 6.45) is -0.212. The van der Waals surface area contributed by atoms with Crippen LogP contribution in [0.15, 0.2) is 51.9 Å². The first-order chi connectivity index (χ1) is 12.8. The third-order valence-corrected chi connectivity index (χ3v) is 4.25. The van der Waals surface area contributed by atoms with Crippen molar-refractivity contribution in [1.82, 2.24) is 4.98 Å². The van der Waals surface area contributed by atoms with E-state index in [0.717, 1.165) is 11.3 Å². The van der Waals surface area contributed by atoms with E-state index < -0.39 is 12.8 Å². The number of halogens is 3. The van der Waals surface area contributed by atoms with Gasteiger partial charge in [-0.1, -0.05) is 12.1 Å². The van der Waals surface area contributed by atoms with Gasteiger partial charge in [0.25, 0.3) is 5.56 Å². The highest BCUT2D eigenvalue weighted by Gasteiger charge is 2.28. The number of rotatable bonds is 5. The van der Waals surface area contributed by atoms with E-state index in [4.69, 9.17) is 4.42 Å². The standard InChI is InChI=1S/C18H12F3NO4S/c19-18(20,21)10-26-12-5-3-11(4-6-12)8-15-17(24)22-16(27-15)9-13(23)14-2-1-7-25-14/h1-9H,10H2,(H,22,24). The summed E-state index contributed by atoms with van der Waals surface area (Å²) in [5.74, 6) is -0.151. The molecule has 0 fully saturated rings. The lowest BCUT2D eigenvalue weighted by atomic mass is 10.2. The highest BCUT2D eigenvalue weighted by atomic mass is 32.1. The Labute approximate surface area is 154 Å². The number of alkyl halides is 3. The summed E-state index contributed by atoms with van der Waals surface area (Å²) in [6, 6.07) is 8.92. The van der Waals surface area contributed by atoms with E-state index in [1.54, 1.807) is 12.1 Å². The fraction of sp³-hybridized carbons (Fsp3) is 0.111. The number of aromatic amines is 1. The molecule has 3 aromatic rings. The number of furan rings is 1. The second kappa shape index (κ2) is 7.67. The van der Waals surface area contributed by atoms with Crippen LogP contribution >= 0.6 is 11.3 Å². The third kappa shape index (κ3) is 5.20. The summed E-state index contributed by atoms with van der Waals surface area (Å²) >= 11 is 1.08. The Bertz CT molecular complexity index is 1090. The van der Waals surface area contributed by atoms with Crippen molar-refractivity contribution in [2.75, 3.05) is 6.61 Å². The molecule has 0 aliphatic rings. The molecular weight excluding hydrogens is 383 g/mol. The fourth-order valence-electron chi connectivity index (χ4n) is 2.11. The molecule has 3 rings (SSSR count). The lowest BCUT2D eigenvalue weighted by molar-refractivity contribution is -0.153. The van der Waals surface area contributed by atoms with E-state index in [1.807, 2.05) is 0 Å². The van der Waals surface area contributed by atoms with Crippen LogP contribution in [0.4, 0.5) is 13.2 Å². The lowest BCUT2D eigenvalue weighted by Gasteiger charge is -2.08. The van der Waals surface area contributed by atoms with Crippen LogP contribution in [0.1, 0.15) is 16.1 Å². The highest BCUT2D eigenvalue weighted by Crippen LogP contribution is 2.18. The van der Waals surface area contributed by atoms with Gasteiger partial charge in [0.05, 0.1) is 15.5 Å². The number of ketones is 1. The molecule has 2 aromatic heterocycles. The molecule has 0 spiro atoms. The molecule has 0 aliphatic heterocycles. The van der Waals surface area contributed by atoms with Gasteiger partial charge in [0.15, 0.2) is 12.4 Å². The molecule has 0 aliphatic carbocycles. The van der Waals surface area contributed by atoms with Crippen molar-refractivity contribution < 1.29 is 27.1 Å². The largest absolute Gasteiger partial charge is 0.484 e. The van der Waals surface area contributed by atoms with Crippen LogP contribution in [0.3, 0.4) is 0 Å². The summed E-state index contributed by atoms with van der Waals surface area (Å²) in [7, 11) is 0. The van der Waals surface area contributed by atoms with Crippen molar-refractivity contribution in [3.8, 4) is 5.75 Å². The molecule has 0 saturated heterocycles. The van der Waals surface area contributed by atoms with Gasteiger partial charge in [-0.25, -0.2) is 0 Å². The predicted molar refractivity (Wildman–Crippen MR) is 93.3 cm³/mol. The fourth-order valence-corrected chi connectivity index (χ4v) is 3.00. The number of carbonyl (C=O) groups excluding carboxylic acids is 1. The second-order valence-corrected chi connectivity index (χ2v) is 6.47. The van der Waals surface area contributed by atoms with Crippen LogP contribution in [0, 0.1) is 0 Å². The first-order valence-electron chi connectivity index (χ1n) is 7.60. The van der Waals surface area contributed by atoms with Gasteiger partial charge in [0.1, 0.15) is 5.75 Å². The van der Waals surface area contributed by atoms with Crippen molar-refractivity contribution >= 4 is 29.3 Å². The number of thiazole rings is 1. The maximum Gasteiger partial charge on any atom is 0.422 e. The monoisotopic (exact) mass is 395 g/mol. The maximum atomic E-state index is 12.1. The van der Waals surface area contributed by atoms with Gasteiger partial charge < -0.3 is 14.1 Å². The summed E-state index contributed by atoms with van der Waals surface area (Å²) in [6.45, 7) is -1.37. The molecule has 140 valence electrons. The van der Waals surface area contributed by atoms with Gasteiger partial charge in [-0.05, 0) is 35.9 Å². The van der Waals surface area contributed by atoms with Crippen LogP contribution < -0.4 is 19.5 Å². The molecule has 0 saturated carbocycles. The van der Waals surface area contributed by atoms with Crippen molar-refractivity contribution in [3.05, 3.63) is 73.5 Å². The molecule has 0 radical (unpaired) electrons. The second-order valence-electron chi connectivity index (χ2n) is 5.39. The van der Waals surface area contributed by atoms with Gasteiger partial charge >= 0.3 is 6.18 Å². The van der Waals surface area contributed by atoms with Crippen molar-refractivity contribution in [3.63, 3.8) is 0 Å². The summed E-state index contributed by atoms with van der Waals surface area (Å²) in [5.41, 5.74) is 0.224. The average molecular weight is 395 g/mol. The first-order valence-corrected chi connectivity index (χ1v) is 8.42. The number of Topliss-reactive ketones (excluding diaryl/α,β-unsaturated/α-hetero) is 1. The molecule has 0 amide bonds. The summed E-state index contributed by atoms with van der Waals surface area (Å²) < 4.78 is 46.7. The highest BCUT2D eigenvalue weighted by molar-refractivity contribution is 7.07. The number of nitrogens with one attached hydrogen (secondary N) is 1. The Balaban J connectivity index is 1.80. The Hall–Kier alpha value is -3.07. The van der Waals surface area contributed by atoms with E-state index in [2.05, 4.69) is 9.72 Å². The van der Waals surface area contributed by atoms with Crippen LogP contribution in [0.5, 0.6) is 5.75 Å². The Morgan fingerprint density at radius 3 is 2.59 bits per heavy atom. The molecule has 5 nitrogen and oxygen atoms in total. The van der Waals surface area contributed by atoms with Gasteiger partial charge in [-0.15, -0.1) is 11.3 Å². The minimum Gasteiger partial charge on any atom is -0.484 e. The molecule has 0 unspecified atom stereocenters. The van der Waals surface area contributed by atoms with Crippen LogP contribution in [0.25, 0.3) is 12.2 Å². The summed E-state index contributed by atoms with van der Waals surface area (Å²) in [5, 5.41) is 0. The SMILES string of the molecule is O=C(C=c1[nH]c(=O)c(=Cc2ccc(OCC(F)(F)F)cc2)s1)c1ccco1. The Morgan fingerprint density at radius 2 is 1.96 bits per heavy atom. The molecule has 27 heavy (non-hydrogen) atoms. The Morgan fingerprint density at radius 1 is 1.22 bits per heavy atom. The van der Waals surface area contributed by atoms with E-state index in [1.165, 1.54) is 42.7 Å². The number of ether oxygens (including phenoxy) is 1. The van der Waals surface area contributed by atoms with Gasteiger partial charge in [0.2, 0.25) is 5.78 Å². The minimum absolute atomic E-state index is 0.0719. The molecule has 1 aromatic carbocycles. The van der Waals surface area contributed by atoms with Crippen molar-refractivity contribution in [2.45, 2.75) is 6.18 Å². The normalized spacial score (nSPS) is 13.1. The topological polar surface area (TPSA) is 72.3 Å². The molecular formula is C18H12F3NO4S. The average Bonchev–Trinajstić information content (AvgIpc) is 3.24. The summed E-state index contributed by atoms with van der Waals surface area (Å²) in [4.78, 5) is 26.5. The van der Waals surface area contributed by atoms with Crippen LogP contribution in [-0.2, 0) is 0 Å². The number of H-pyrrole nitrogens is 1. The predicted octanol–water partition coefficient (Wildman–Crippen LogP) is 2.46. The van der Waals surface area contributed by atoms with E-state index >= 15 is 0 Å². The number of benzene rings is 1. The number of hydrogen-bond acceptors (Lipinski definition) is 5. The third-order valence-electron chi connectivity index (χ3n) is 3.29. The zero-order valence-electron chi connectivity index (χ0n) is 13.6. The van der Waals surface area contributed by atoms with E-state index in [0.29, 0.717) is 14.8 Å². The first kappa shape index (κ1) is 18.7. The molecule has 0 atom stereocenters. The smallest absolute Gasteiger partial charge is 0.422 e.